The lowest BCUT2D eigenvalue weighted by molar-refractivity contribution is 1.62. The minimum Gasteiger partial charge on any atom is -0.197 e. The maximum atomic E-state index is 5.89. The maximum Gasteiger partial charge on any atom is 0.0412 e. The van der Waals surface area contributed by atoms with E-state index in [2.05, 4.69) is 18.2 Å². The summed E-state index contributed by atoms with van der Waals surface area (Å²) in [5, 5.41) is 0.779. The van der Waals surface area contributed by atoms with E-state index < -0.39 is 0 Å². The number of rotatable bonds is 1. The van der Waals surface area contributed by atoms with Gasteiger partial charge in [-0.05, 0) is 23.3 Å². The van der Waals surface area contributed by atoms with Crippen LogP contribution in [0.2, 0.25) is 5.02 Å². The molecule has 0 aliphatic rings. The molecule has 0 aromatic heterocycles. The summed E-state index contributed by atoms with van der Waals surface area (Å²) in [6.45, 7) is 0. The highest BCUT2D eigenvalue weighted by Gasteiger charge is 1.95. The van der Waals surface area contributed by atoms with Gasteiger partial charge in [0.15, 0.2) is 0 Å². The van der Waals surface area contributed by atoms with E-state index >= 15 is 0 Å². The van der Waals surface area contributed by atoms with Gasteiger partial charge in [0.05, 0.1) is 0 Å². The first-order valence-corrected chi connectivity index (χ1v) is 4.55. The molecule has 0 amide bonds. The third-order valence-corrected chi connectivity index (χ3v) is 2.17. The summed E-state index contributed by atoms with van der Waals surface area (Å²) in [4.78, 5) is 0. The average molecular weight is 223 g/mol. The van der Waals surface area contributed by atoms with Gasteiger partial charge in [-0.2, -0.15) is 13.5 Å². The zero-order valence-electron chi connectivity index (χ0n) is 7.57. The van der Waals surface area contributed by atoms with E-state index in [1.807, 2.05) is 36.4 Å². The molecule has 0 aliphatic heterocycles. The van der Waals surface area contributed by atoms with Gasteiger partial charge in [-0.1, -0.05) is 54.1 Å². The van der Waals surface area contributed by atoms with Gasteiger partial charge in [0, 0.05) is 5.02 Å². The van der Waals surface area contributed by atoms with Crippen molar-refractivity contribution in [3.63, 3.8) is 0 Å². The van der Waals surface area contributed by atoms with Gasteiger partial charge < -0.3 is 0 Å². The van der Waals surface area contributed by atoms with Crippen molar-refractivity contribution < 1.29 is 0 Å². The van der Waals surface area contributed by atoms with Crippen LogP contribution in [-0.2, 0) is 0 Å². The third-order valence-electron chi connectivity index (χ3n) is 1.93. The molecule has 72 valence electrons. The van der Waals surface area contributed by atoms with Crippen molar-refractivity contribution in [3.05, 3.63) is 59.6 Å². The van der Waals surface area contributed by atoms with Crippen molar-refractivity contribution in [1.29, 1.82) is 0 Å². The summed E-state index contributed by atoms with van der Waals surface area (Å²) in [5.41, 5.74) is 2.36. The Balaban J connectivity index is 0.000000980. The number of hydrogen-bond acceptors (Lipinski definition) is 0. The summed E-state index contributed by atoms with van der Waals surface area (Å²) in [7, 11) is 0. The highest BCUT2D eigenvalue weighted by molar-refractivity contribution is 7.59. The molecule has 0 radical (unpaired) electrons. The van der Waals surface area contributed by atoms with Crippen LogP contribution in [0.15, 0.2) is 54.6 Å². The second-order valence-electron chi connectivity index (χ2n) is 2.88. The normalized spacial score (nSPS) is 9.21. The molecular weight excluding hydrogens is 212 g/mol. The van der Waals surface area contributed by atoms with E-state index in [1.54, 1.807) is 0 Å². The Hall–Kier alpha value is -0.920. The van der Waals surface area contributed by atoms with Gasteiger partial charge in [0.2, 0.25) is 0 Å². The minimum atomic E-state index is 0. The largest absolute Gasteiger partial charge is 0.197 e. The summed E-state index contributed by atoms with van der Waals surface area (Å²) < 4.78 is 0. The molecule has 0 nitrogen and oxygen atoms in total. The lowest BCUT2D eigenvalue weighted by atomic mass is 10.1. The van der Waals surface area contributed by atoms with Crippen LogP contribution in [0.4, 0.5) is 0 Å². The fraction of sp³-hybridized carbons (Fsp3) is 0. The van der Waals surface area contributed by atoms with Gasteiger partial charge in [-0.25, -0.2) is 0 Å². The Labute approximate surface area is 96.0 Å². The third kappa shape index (κ3) is 2.53. The molecule has 0 N–H and O–H groups in total. The quantitative estimate of drug-likeness (QED) is 0.681. The fourth-order valence-corrected chi connectivity index (χ4v) is 1.49. The van der Waals surface area contributed by atoms with E-state index in [0.29, 0.717) is 0 Å². The Morgan fingerprint density at radius 2 is 1.36 bits per heavy atom. The van der Waals surface area contributed by atoms with Crippen LogP contribution in [0.3, 0.4) is 0 Å². The van der Waals surface area contributed by atoms with E-state index in [0.717, 1.165) is 10.6 Å². The fourth-order valence-electron chi connectivity index (χ4n) is 1.30. The number of halogens is 1. The van der Waals surface area contributed by atoms with Crippen molar-refractivity contribution in [2.45, 2.75) is 0 Å². The highest BCUT2D eigenvalue weighted by atomic mass is 35.5. The lowest BCUT2D eigenvalue weighted by Crippen LogP contribution is -1.75. The Morgan fingerprint density at radius 3 is 2.00 bits per heavy atom. The van der Waals surface area contributed by atoms with Crippen molar-refractivity contribution in [2.24, 2.45) is 0 Å². The standard InChI is InChI=1S/C12H9Cl.H2S/c13-12-8-4-7-11(9-12)10-5-2-1-3-6-10;/h1-9H;1H2. The van der Waals surface area contributed by atoms with Crippen LogP contribution < -0.4 is 0 Å². The molecule has 0 unspecified atom stereocenters. The van der Waals surface area contributed by atoms with Crippen LogP contribution in [0.1, 0.15) is 0 Å². The molecule has 0 saturated carbocycles. The molecule has 0 heterocycles. The topological polar surface area (TPSA) is 0 Å². The molecule has 0 aliphatic carbocycles. The van der Waals surface area contributed by atoms with Gasteiger partial charge in [0.1, 0.15) is 0 Å². The van der Waals surface area contributed by atoms with Crippen LogP contribution >= 0.6 is 25.1 Å². The Morgan fingerprint density at radius 1 is 0.714 bits per heavy atom. The zero-order valence-corrected chi connectivity index (χ0v) is 9.33. The number of hydrogen-bond donors (Lipinski definition) is 0. The lowest BCUT2D eigenvalue weighted by Gasteiger charge is -2.00. The summed E-state index contributed by atoms with van der Waals surface area (Å²) in [6, 6.07) is 18.1. The van der Waals surface area contributed by atoms with Crippen molar-refractivity contribution in [3.8, 4) is 11.1 Å². The molecule has 2 heteroatoms. The molecule has 0 spiro atoms. The first-order valence-electron chi connectivity index (χ1n) is 4.17. The predicted molar refractivity (Wildman–Crippen MR) is 67.3 cm³/mol. The van der Waals surface area contributed by atoms with Crippen LogP contribution in [0.5, 0.6) is 0 Å². The molecule has 14 heavy (non-hydrogen) atoms. The van der Waals surface area contributed by atoms with E-state index in [1.165, 1.54) is 5.56 Å². The van der Waals surface area contributed by atoms with Crippen LogP contribution in [0.25, 0.3) is 11.1 Å². The molecule has 0 fully saturated rings. The van der Waals surface area contributed by atoms with Gasteiger partial charge in [-0.3, -0.25) is 0 Å². The molecule has 2 aromatic rings. The molecule has 2 rings (SSSR count). The molecule has 0 saturated heterocycles. The molecule has 0 bridgehead atoms. The predicted octanol–water partition coefficient (Wildman–Crippen LogP) is 4.12. The molecular formula is C12H11ClS. The Kier molecular flexibility index (Phi) is 4.05. The van der Waals surface area contributed by atoms with Crippen molar-refractivity contribution in [1.82, 2.24) is 0 Å². The second-order valence-corrected chi connectivity index (χ2v) is 3.31. The number of benzene rings is 2. The molecule has 2 aromatic carbocycles. The monoisotopic (exact) mass is 222 g/mol. The van der Waals surface area contributed by atoms with Crippen molar-refractivity contribution in [2.75, 3.05) is 0 Å². The van der Waals surface area contributed by atoms with E-state index in [4.69, 9.17) is 11.6 Å². The van der Waals surface area contributed by atoms with Gasteiger partial charge in [0.25, 0.3) is 0 Å². The Bertz CT molecular complexity index is 398. The average Bonchev–Trinajstić information content (AvgIpc) is 2.19. The summed E-state index contributed by atoms with van der Waals surface area (Å²) in [5.74, 6) is 0. The van der Waals surface area contributed by atoms with Crippen LogP contribution in [0, 0.1) is 0 Å². The van der Waals surface area contributed by atoms with Crippen molar-refractivity contribution >= 4 is 25.1 Å². The SMILES string of the molecule is Clc1cccc(-c2ccccc2)c1.S. The first kappa shape index (κ1) is 11.2. The zero-order chi connectivity index (χ0) is 9.10. The summed E-state index contributed by atoms with van der Waals surface area (Å²) in [6.07, 6.45) is 0. The molecule has 0 atom stereocenters. The highest BCUT2D eigenvalue weighted by Crippen LogP contribution is 2.21. The van der Waals surface area contributed by atoms with Gasteiger partial charge >= 0.3 is 0 Å². The van der Waals surface area contributed by atoms with E-state index in [9.17, 15) is 0 Å². The van der Waals surface area contributed by atoms with Gasteiger partial charge in [-0.15, -0.1) is 0 Å². The van der Waals surface area contributed by atoms with E-state index in [-0.39, 0.29) is 13.5 Å². The van der Waals surface area contributed by atoms with Crippen LogP contribution in [-0.4, -0.2) is 0 Å². The maximum absolute atomic E-state index is 5.89. The summed E-state index contributed by atoms with van der Waals surface area (Å²) >= 11 is 5.89. The second kappa shape index (κ2) is 5.08. The minimum absolute atomic E-state index is 0. The smallest absolute Gasteiger partial charge is 0.0412 e. The first-order chi connectivity index (χ1) is 6.36.